The first-order valence-electron chi connectivity index (χ1n) is 8.66. The molecule has 1 aliphatic heterocycles. The fraction of sp³-hybridized carbons (Fsp3) is 0.238. The second kappa shape index (κ2) is 6.99. The molecule has 4 rings (SSSR count). The van der Waals surface area contributed by atoms with Crippen molar-refractivity contribution in [3.05, 3.63) is 75.9 Å². The molecular formula is C21H19NO2Se. The molecule has 0 atom stereocenters. The van der Waals surface area contributed by atoms with Crippen LogP contribution in [0.25, 0.3) is 0 Å². The number of hydrogen-bond acceptors (Lipinski definition) is 3. The summed E-state index contributed by atoms with van der Waals surface area (Å²) in [4.78, 5) is 28.6. The fourth-order valence-electron chi connectivity index (χ4n) is 3.45. The number of fused-ring (bicyclic) bond motifs is 1. The van der Waals surface area contributed by atoms with E-state index in [0.717, 1.165) is 30.4 Å². The van der Waals surface area contributed by atoms with Crippen molar-refractivity contribution in [3.8, 4) is 0 Å². The second-order valence-electron chi connectivity index (χ2n) is 6.34. The standard InChI is InChI=1S/C21H19NO2Se/c23-19-16-11-5-6-12-17(16)20(24)21(25-15-9-3-1-4-10-15)18(19)22-13-7-2-8-14-22/h1,3-6,9-12H,2,7-8,13-14H2. The van der Waals surface area contributed by atoms with Crippen LogP contribution in [0.15, 0.2) is 64.8 Å². The topological polar surface area (TPSA) is 37.4 Å². The third-order valence-electron chi connectivity index (χ3n) is 4.69. The molecule has 1 aliphatic carbocycles. The molecule has 1 saturated heterocycles. The second-order valence-corrected chi connectivity index (χ2v) is 8.62. The first kappa shape index (κ1) is 16.3. The number of allylic oxidation sites excluding steroid dienone is 2. The molecule has 0 aromatic heterocycles. The van der Waals surface area contributed by atoms with E-state index in [1.807, 2.05) is 42.5 Å². The molecule has 1 heterocycles. The predicted molar refractivity (Wildman–Crippen MR) is 99.4 cm³/mol. The van der Waals surface area contributed by atoms with Gasteiger partial charge in [-0.25, -0.2) is 0 Å². The van der Waals surface area contributed by atoms with Crippen LogP contribution in [-0.2, 0) is 0 Å². The van der Waals surface area contributed by atoms with E-state index < -0.39 is 0 Å². The van der Waals surface area contributed by atoms with Gasteiger partial charge in [-0.1, -0.05) is 0 Å². The Morgan fingerprint density at radius 3 is 2.00 bits per heavy atom. The molecule has 0 saturated carbocycles. The zero-order valence-electron chi connectivity index (χ0n) is 13.9. The van der Waals surface area contributed by atoms with Gasteiger partial charge in [0.2, 0.25) is 0 Å². The number of hydrogen-bond donors (Lipinski definition) is 0. The number of ketones is 2. The van der Waals surface area contributed by atoms with Crippen LogP contribution in [0, 0.1) is 0 Å². The summed E-state index contributed by atoms with van der Waals surface area (Å²) < 4.78 is 1.84. The van der Waals surface area contributed by atoms with Gasteiger partial charge in [0.05, 0.1) is 0 Å². The Morgan fingerprint density at radius 1 is 0.720 bits per heavy atom. The van der Waals surface area contributed by atoms with Crippen LogP contribution in [0.2, 0.25) is 0 Å². The van der Waals surface area contributed by atoms with Crippen molar-refractivity contribution >= 4 is 31.0 Å². The van der Waals surface area contributed by atoms with E-state index in [0.29, 0.717) is 21.3 Å². The van der Waals surface area contributed by atoms with Crippen molar-refractivity contribution in [1.29, 1.82) is 0 Å². The molecule has 1 fully saturated rings. The molecule has 0 amide bonds. The zero-order valence-corrected chi connectivity index (χ0v) is 15.6. The van der Waals surface area contributed by atoms with E-state index >= 15 is 0 Å². The molecule has 2 aromatic carbocycles. The van der Waals surface area contributed by atoms with Gasteiger partial charge in [0.25, 0.3) is 0 Å². The molecule has 0 spiro atoms. The number of rotatable bonds is 3. The molecule has 3 nitrogen and oxygen atoms in total. The summed E-state index contributed by atoms with van der Waals surface area (Å²) in [6.45, 7) is 1.73. The van der Waals surface area contributed by atoms with Crippen LogP contribution in [0.4, 0.5) is 0 Å². The quantitative estimate of drug-likeness (QED) is 0.749. The zero-order chi connectivity index (χ0) is 17.2. The normalized spacial score (nSPS) is 17.7. The average molecular weight is 396 g/mol. The number of nitrogens with zero attached hydrogens (tertiary/aromatic N) is 1. The Balaban J connectivity index is 1.82. The number of benzene rings is 2. The monoisotopic (exact) mass is 397 g/mol. The van der Waals surface area contributed by atoms with Crippen molar-refractivity contribution in [3.63, 3.8) is 0 Å². The van der Waals surface area contributed by atoms with Gasteiger partial charge in [0.1, 0.15) is 0 Å². The SMILES string of the molecule is O=C1C([Se]c2ccccc2)=C(N2CCCCC2)C(=O)c2ccccc21. The predicted octanol–water partition coefficient (Wildman–Crippen LogP) is 2.79. The molecule has 2 aliphatic rings. The minimum absolute atomic E-state index is 0.0184. The number of Topliss-reactive ketones (excluding diaryl/α,β-unsaturated/α-hetero) is 2. The van der Waals surface area contributed by atoms with Gasteiger partial charge >= 0.3 is 154 Å². The molecule has 126 valence electrons. The van der Waals surface area contributed by atoms with E-state index in [4.69, 9.17) is 0 Å². The van der Waals surface area contributed by atoms with E-state index in [-0.39, 0.29) is 26.5 Å². The summed E-state index contributed by atoms with van der Waals surface area (Å²) in [5, 5.41) is 0. The summed E-state index contributed by atoms with van der Waals surface area (Å²) in [5.74, 6) is 0.0459. The number of piperidine rings is 1. The van der Waals surface area contributed by atoms with Gasteiger partial charge in [0, 0.05) is 0 Å². The van der Waals surface area contributed by atoms with E-state index in [1.54, 1.807) is 12.1 Å². The summed E-state index contributed by atoms with van der Waals surface area (Å²) in [7, 11) is 0. The fourth-order valence-corrected chi connectivity index (χ4v) is 5.65. The number of carbonyl (C=O) groups is 2. The van der Waals surface area contributed by atoms with E-state index in [9.17, 15) is 9.59 Å². The van der Waals surface area contributed by atoms with Gasteiger partial charge < -0.3 is 0 Å². The van der Waals surface area contributed by atoms with Gasteiger partial charge in [0.15, 0.2) is 0 Å². The Labute approximate surface area is 153 Å². The van der Waals surface area contributed by atoms with Crippen LogP contribution < -0.4 is 4.46 Å². The summed E-state index contributed by atoms with van der Waals surface area (Å²) in [5.41, 5.74) is 1.77. The van der Waals surface area contributed by atoms with Crippen LogP contribution in [-0.4, -0.2) is 44.5 Å². The van der Waals surface area contributed by atoms with Crippen molar-refractivity contribution in [2.75, 3.05) is 13.1 Å². The maximum absolute atomic E-state index is 13.2. The first-order chi connectivity index (χ1) is 12.3. The van der Waals surface area contributed by atoms with E-state index in [1.165, 1.54) is 6.42 Å². The minimum atomic E-state index is -0.172. The van der Waals surface area contributed by atoms with Crippen molar-refractivity contribution in [1.82, 2.24) is 4.90 Å². The third kappa shape index (κ3) is 3.08. The van der Waals surface area contributed by atoms with Gasteiger partial charge in [-0.05, 0) is 0 Å². The van der Waals surface area contributed by atoms with Crippen molar-refractivity contribution in [2.45, 2.75) is 19.3 Å². The van der Waals surface area contributed by atoms with Crippen LogP contribution in [0.1, 0.15) is 40.0 Å². The van der Waals surface area contributed by atoms with Crippen LogP contribution in [0.3, 0.4) is 0 Å². The molecule has 0 bridgehead atoms. The van der Waals surface area contributed by atoms with Crippen LogP contribution >= 0.6 is 0 Å². The summed E-state index contributed by atoms with van der Waals surface area (Å²) in [6, 6.07) is 17.3. The molecule has 0 unspecified atom stereocenters. The van der Waals surface area contributed by atoms with Crippen molar-refractivity contribution < 1.29 is 9.59 Å². The van der Waals surface area contributed by atoms with Crippen LogP contribution in [0.5, 0.6) is 0 Å². The Hall–Kier alpha value is -2.16. The van der Waals surface area contributed by atoms with Crippen molar-refractivity contribution in [2.24, 2.45) is 0 Å². The number of carbonyl (C=O) groups excluding carboxylic acids is 2. The van der Waals surface area contributed by atoms with Gasteiger partial charge in [-0.15, -0.1) is 0 Å². The molecule has 25 heavy (non-hydrogen) atoms. The molecule has 4 heteroatoms. The summed E-state index contributed by atoms with van der Waals surface area (Å²) in [6.07, 6.45) is 3.36. The molecule has 2 aromatic rings. The van der Waals surface area contributed by atoms with Gasteiger partial charge in [-0.2, -0.15) is 0 Å². The van der Waals surface area contributed by atoms with Gasteiger partial charge in [-0.3, -0.25) is 0 Å². The molecule has 0 N–H and O–H groups in total. The Kier molecular flexibility index (Phi) is 4.56. The molecular weight excluding hydrogens is 377 g/mol. The summed E-state index contributed by atoms with van der Waals surface area (Å²) >= 11 is -0.172. The number of likely N-dealkylation sites (tertiary alicyclic amines) is 1. The third-order valence-corrected chi connectivity index (χ3v) is 6.98. The molecule has 0 radical (unpaired) electrons. The Bertz CT molecular complexity index is 851. The first-order valence-corrected chi connectivity index (χ1v) is 10.4. The average Bonchev–Trinajstić information content (AvgIpc) is 2.68. The Morgan fingerprint density at radius 2 is 1.32 bits per heavy atom. The van der Waals surface area contributed by atoms with E-state index in [2.05, 4.69) is 4.90 Å². The maximum atomic E-state index is 13.2.